The van der Waals surface area contributed by atoms with Crippen LogP contribution in [0.5, 0.6) is 0 Å². The molecular weight excluding hydrogens is 413 g/mol. The van der Waals surface area contributed by atoms with E-state index in [4.69, 9.17) is 0 Å². The fourth-order valence-corrected chi connectivity index (χ4v) is 5.33. The molecule has 1 aliphatic rings. The van der Waals surface area contributed by atoms with Gasteiger partial charge < -0.3 is 5.32 Å². The van der Waals surface area contributed by atoms with Crippen LogP contribution >= 0.6 is 11.8 Å². The molecule has 0 saturated carbocycles. The van der Waals surface area contributed by atoms with Crippen molar-refractivity contribution < 1.29 is 17.6 Å². The maximum atomic E-state index is 13.0. The van der Waals surface area contributed by atoms with Crippen LogP contribution in [0.1, 0.15) is 38.3 Å². The van der Waals surface area contributed by atoms with Gasteiger partial charge in [-0.15, -0.1) is 0 Å². The maximum absolute atomic E-state index is 13.0. The highest BCUT2D eigenvalue weighted by Gasteiger charge is 2.27. The predicted molar refractivity (Wildman–Crippen MR) is 111 cm³/mol. The monoisotopic (exact) mass is 437 g/mol. The smallest absolute Gasteiger partial charge is 0.244 e. The molecule has 3 rings (SSSR count). The lowest BCUT2D eigenvalue weighted by atomic mass is 10.1. The van der Waals surface area contributed by atoms with E-state index >= 15 is 0 Å². The summed E-state index contributed by atoms with van der Waals surface area (Å²) in [7, 11) is -3.49. The van der Waals surface area contributed by atoms with E-state index in [0.717, 1.165) is 18.4 Å². The SMILES string of the molecule is CC(Sc1ccc(S(=O)(=O)N2CCCC2)cn1)C(=O)NC(C)c1ccc(F)cc1. The van der Waals surface area contributed by atoms with E-state index in [9.17, 15) is 17.6 Å². The predicted octanol–water partition coefficient (Wildman–Crippen LogP) is 3.36. The van der Waals surface area contributed by atoms with Crippen molar-refractivity contribution in [3.05, 3.63) is 54.0 Å². The summed E-state index contributed by atoms with van der Waals surface area (Å²) < 4.78 is 39.6. The van der Waals surface area contributed by atoms with Crippen LogP contribution in [-0.4, -0.2) is 42.0 Å². The molecule has 1 N–H and O–H groups in total. The van der Waals surface area contributed by atoms with Gasteiger partial charge >= 0.3 is 0 Å². The van der Waals surface area contributed by atoms with Gasteiger partial charge in [-0.1, -0.05) is 23.9 Å². The minimum absolute atomic E-state index is 0.172. The molecule has 2 atom stereocenters. The number of halogens is 1. The Morgan fingerprint density at radius 1 is 1.14 bits per heavy atom. The first kappa shape index (κ1) is 21.7. The topological polar surface area (TPSA) is 79.4 Å². The fraction of sp³-hybridized carbons (Fsp3) is 0.400. The fourth-order valence-electron chi connectivity index (χ4n) is 3.07. The summed E-state index contributed by atoms with van der Waals surface area (Å²) in [6.45, 7) is 4.68. The van der Waals surface area contributed by atoms with Crippen molar-refractivity contribution in [1.29, 1.82) is 0 Å². The van der Waals surface area contributed by atoms with Crippen molar-refractivity contribution in [2.45, 2.75) is 47.9 Å². The Labute approximate surface area is 175 Å². The second-order valence-electron chi connectivity index (χ2n) is 6.99. The van der Waals surface area contributed by atoms with E-state index in [-0.39, 0.29) is 22.7 Å². The molecule has 0 radical (unpaired) electrons. The quantitative estimate of drug-likeness (QED) is 0.672. The number of sulfonamides is 1. The van der Waals surface area contributed by atoms with Crippen molar-refractivity contribution in [2.24, 2.45) is 0 Å². The Morgan fingerprint density at radius 2 is 1.79 bits per heavy atom. The number of carbonyl (C=O) groups is 1. The largest absolute Gasteiger partial charge is 0.349 e. The van der Waals surface area contributed by atoms with E-state index in [2.05, 4.69) is 10.3 Å². The van der Waals surface area contributed by atoms with Crippen LogP contribution in [-0.2, 0) is 14.8 Å². The molecule has 1 aromatic carbocycles. The molecule has 29 heavy (non-hydrogen) atoms. The van der Waals surface area contributed by atoms with Crippen LogP contribution in [0.25, 0.3) is 0 Å². The first-order chi connectivity index (χ1) is 13.8. The second kappa shape index (κ2) is 9.23. The van der Waals surface area contributed by atoms with E-state index in [1.165, 1.54) is 40.5 Å². The standard InChI is InChI=1S/C20H24FN3O3S2/c1-14(16-5-7-17(21)8-6-16)23-20(25)15(2)28-19-10-9-18(13-22-19)29(26,27)24-11-3-4-12-24/h5-10,13-15H,3-4,11-12H2,1-2H3,(H,23,25). The van der Waals surface area contributed by atoms with Crippen LogP contribution in [0.4, 0.5) is 4.39 Å². The van der Waals surface area contributed by atoms with Gasteiger partial charge in [-0.3, -0.25) is 4.79 Å². The third-order valence-electron chi connectivity index (χ3n) is 4.81. The van der Waals surface area contributed by atoms with Crippen molar-refractivity contribution in [1.82, 2.24) is 14.6 Å². The van der Waals surface area contributed by atoms with E-state index in [1.807, 2.05) is 6.92 Å². The number of amides is 1. The number of nitrogens with zero attached hydrogens (tertiary/aromatic N) is 2. The van der Waals surface area contributed by atoms with Crippen LogP contribution in [0.2, 0.25) is 0 Å². The summed E-state index contributed by atoms with van der Waals surface area (Å²) in [6.07, 6.45) is 3.11. The summed E-state index contributed by atoms with van der Waals surface area (Å²) in [5.41, 5.74) is 0.812. The highest BCUT2D eigenvalue weighted by atomic mass is 32.2. The van der Waals surface area contributed by atoms with E-state index < -0.39 is 15.3 Å². The molecule has 0 aliphatic carbocycles. The normalized spacial score (nSPS) is 17.1. The zero-order valence-electron chi connectivity index (χ0n) is 16.3. The Morgan fingerprint density at radius 3 is 2.38 bits per heavy atom. The molecule has 156 valence electrons. The van der Waals surface area contributed by atoms with Gasteiger partial charge in [0.1, 0.15) is 10.7 Å². The molecule has 2 unspecified atom stereocenters. The number of pyridine rings is 1. The Kier molecular flexibility index (Phi) is 6.92. The number of benzene rings is 1. The van der Waals surface area contributed by atoms with Crippen molar-refractivity contribution in [2.75, 3.05) is 13.1 Å². The average Bonchev–Trinajstić information content (AvgIpc) is 3.24. The zero-order valence-corrected chi connectivity index (χ0v) is 18.0. The molecule has 6 nitrogen and oxygen atoms in total. The van der Waals surface area contributed by atoms with Gasteiger partial charge in [-0.25, -0.2) is 17.8 Å². The minimum atomic E-state index is -3.49. The van der Waals surface area contributed by atoms with Crippen LogP contribution in [0.3, 0.4) is 0 Å². The summed E-state index contributed by atoms with van der Waals surface area (Å²) in [4.78, 5) is 16.9. The van der Waals surface area contributed by atoms with Gasteiger partial charge in [0.15, 0.2) is 0 Å². The second-order valence-corrected chi connectivity index (χ2v) is 10.3. The third-order valence-corrected chi connectivity index (χ3v) is 7.74. The highest BCUT2D eigenvalue weighted by Crippen LogP contribution is 2.25. The Balaban J connectivity index is 1.59. The van der Waals surface area contributed by atoms with Gasteiger partial charge in [0.25, 0.3) is 0 Å². The average molecular weight is 438 g/mol. The van der Waals surface area contributed by atoms with Gasteiger partial charge in [-0.05, 0) is 56.5 Å². The van der Waals surface area contributed by atoms with E-state index in [1.54, 1.807) is 25.1 Å². The lowest BCUT2D eigenvalue weighted by Gasteiger charge is -2.18. The van der Waals surface area contributed by atoms with E-state index in [0.29, 0.717) is 18.1 Å². The number of carbonyl (C=O) groups excluding carboxylic acids is 1. The zero-order chi connectivity index (χ0) is 21.0. The number of hydrogen-bond donors (Lipinski definition) is 1. The molecule has 1 aliphatic heterocycles. The van der Waals surface area contributed by atoms with Gasteiger partial charge in [0.2, 0.25) is 15.9 Å². The number of rotatable bonds is 7. The molecule has 0 bridgehead atoms. The molecular formula is C20H24FN3O3S2. The summed E-state index contributed by atoms with van der Waals surface area (Å²) >= 11 is 1.25. The third kappa shape index (κ3) is 5.34. The Bertz CT molecular complexity index is 944. The van der Waals surface area contributed by atoms with Gasteiger partial charge in [-0.2, -0.15) is 4.31 Å². The molecule has 1 saturated heterocycles. The maximum Gasteiger partial charge on any atom is 0.244 e. The van der Waals surface area contributed by atoms with Crippen molar-refractivity contribution in [3.8, 4) is 0 Å². The summed E-state index contributed by atoms with van der Waals surface area (Å²) in [6, 6.07) is 8.90. The first-order valence-corrected chi connectivity index (χ1v) is 11.8. The number of hydrogen-bond acceptors (Lipinski definition) is 5. The molecule has 1 fully saturated rings. The van der Waals surface area contributed by atoms with Gasteiger partial charge in [0.05, 0.1) is 16.3 Å². The minimum Gasteiger partial charge on any atom is -0.349 e. The number of thioether (sulfide) groups is 1. The van der Waals surface area contributed by atoms with Crippen LogP contribution in [0, 0.1) is 5.82 Å². The highest BCUT2D eigenvalue weighted by molar-refractivity contribution is 8.00. The summed E-state index contributed by atoms with van der Waals surface area (Å²) in [5, 5.41) is 3.04. The molecule has 1 amide bonds. The molecule has 2 heterocycles. The Hall–Kier alpha value is -1.97. The summed E-state index contributed by atoms with van der Waals surface area (Å²) in [5.74, 6) is -0.500. The molecule has 2 aromatic rings. The number of aromatic nitrogens is 1. The van der Waals surface area contributed by atoms with Crippen molar-refractivity contribution in [3.63, 3.8) is 0 Å². The van der Waals surface area contributed by atoms with Gasteiger partial charge in [0, 0.05) is 19.3 Å². The lowest BCUT2D eigenvalue weighted by molar-refractivity contribution is -0.120. The molecule has 0 spiro atoms. The van der Waals surface area contributed by atoms with Crippen LogP contribution in [0.15, 0.2) is 52.5 Å². The first-order valence-electron chi connectivity index (χ1n) is 9.46. The van der Waals surface area contributed by atoms with Crippen molar-refractivity contribution >= 4 is 27.7 Å². The molecule has 9 heteroatoms. The molecule has 1 aromatic heterocycles. The van der Waals surface area contributed by atoms with Crippen LogP contribution < -0.4 is 5.32 Å². The number of nitrogens with one attached hydrogen (secondary N) is 1. The lowest BCUT2D eigenvalue weighted by Crippen LogP contribution is -2.33.